The van der Waals surface area contributed by atoms with Crippen LogP contribution >= 0.6 is 0 Å². The van der Waals surface area contributed by atoms with Crippen LogP contribution in [0.3, 0.4) is 0 Å². The fraction of sp³-hybridized carbons (Fsp3) is 0.421. The molecule has 1 aromatic heterocycles. The molecule has 1 saturated heterocycles. The van der Waals surface area contributed by atoms with Crippen LogP contribution < -0.4 is 0 Å². The number of benzene rings is 1. The smallest absolute Gasteiger partial charge is 0.0798 e. The second kappa shape index (κ2) is 6.79. The summed E-state index contributed by atoms with van der Waals surface area (Å²) in [6, 6.07) is 11.9. The predicted octanol–water partition coefficient (Wildman–Crippen LogP) is 2.02. The van der Waals surface area contributed by atoms with Crippen molar-refractivity contribution in [3.05, 3.63) is 65.0 Å². The normalized spacial score (nSPS) is 25.0. The molecule has 3 rings (SSSR count). The van der Waals surface area contributed by atoms with Crippen LogP contribution in [0.5, 0.6) is 0 Å². The monoisotopic (exact) mass is 312 g/mol. The van der Waals surface area contributed by atoms with Crippen molar-refractivity contribution in [2.75, 3.05) is 13.2 Å². The summed E-state index contributed by atoms with van der Waals surface area (Å²) < 4.78 is 0. The zero-order valence-electron chi connectivity index (χ0n) is 13.7. The summed E-state index contributed by atoms with van der Waals surface area (Å²) in [6.45, 7) is 5.45. The molecule has 0 saturated carbocycles. The van der Waals surface area contributed by atoms with Crippen LogP contribution in [-0.2, 0) is 6.54 Å². The number of nitrogens with zero attached hydrogens (tertiary/aromatic N) is 2. The fourth-order valence-corrected chi connectivity index (χ4v) is 3.55. The molecule has 3 atom stereocenters. The molecule has 2 N–H and O–H groups in total. The van der Waals surface area contributed by atoms with Gasteiger partial charge in [-0.3, -0.25) is 9.88 Å². The summed E-state index contributed by atoms with van der Waals surface area (Å²) >= 11 is 0. The van der Waals surface area contributed by atoms with Gasteiger partial charge < -0.3 is 10.2 Å². The summed E-state index contributed by atoms with van der Waals surface area (Å²) in [7, 11) is 0. The number of hydrogen-bond donors (Lipinski definition) is 2. The van der Waals surface area contributed by atoms with Gasteiger partial charge in [-0.25, -0.2) is 0 Å². The number of aliphatic hydroxyl groups is 2. The van der Waals surface area contributed by atoms with Gasteiger partial charge in [-0.2, -0.15) is 0 Å². The number of rotatable bonds is 4. The number of aliphatic hydroxyl groups excluding tert-OH is 2. The van der Waals surface area contributed by atoms with Crippen molar-refractivity contribution < 1.29 is 10.2 Å². The van der Waals surface area contributed by atoms with E-state index < -0.39 is 6.10 Å². The molecule has 0 spiro atoms. The minimum atomic E-state index is -0.565. The highest BCUT2D eigenvalue weighted by Crippen LogP contribution is 2.34. The summed E-state index contributed by atoms with van der Waals surface area (Å²) in [5.41, 5.74) is 4.49. The topological polar surface area (TPSA) is 56.6 Å². The van der Waals surface area contributed by atoms with Crippen LogP contribution in [0.4, 0.5) is 0 Å². The first-order chi connectivity index (χ1) is 11.1. The molecule has 0 amide bonds. The van der Waals surface area contributed by atoms with E-state index in [4.69, 9.17) is 0 Å². The maximum atomic E-state index is 10.7. The average Bonchev–Trinajstić information content (AvgIpc) is 2.86. The van der Waals surface area contributed by atoms with Crippen molar-refractivity contribution in [2.45, 2.75) is 38.5 Å². The van der Waals surface area contributed by atoms with Gasteiger partial charge in [-0.05, 0) is 36.6 Å². The Balaban J connectivity index is 1.85. The van der Waals surface area contributed by atoms with E-state index in [0.717, 1.165) is 17.8 Å². The molecule has 122 valence electrons. The van der Waals surface area contributed by atoms with E-state index >= 15 is 0 Å². The number of aryl methyl sites for hydroxylation is 2. The molecular formula is C19H24N2O2. The van der Waals surface area contributed by atoms with Gasteiger partial charge in [0, 0.05) is 25.2 Å². The molecule has 1 aromatic carbocycles. The zero-order chi connectivity index (χ0) is 16.4. The molecule has 1 aliphatic heterocycles. The van der Waals surface area contributed by atoms with Crippen LogP contribution in [0, 0.1) is 13.8 Å². The van der Waals surface area contributed by atoms with Gasteiger partial charge in [0.1, 0.15) is 0 Å². The number of pyridine rings is 1. The Morgan fingerprint density at radius 3 is 2.57 bits per heavy atom. The Morgan fingerprint density at radius 2 is 1.87 bits per heavy atom. The lowest BCUT2D eigenvalue weighted by atomic mass is 9.90. The predicted molar refractivity (Wildman–Crippen MR) is 90.2 cm³/mol. The fourth-order valence-electron chi connectivity index (χ4n) is 3.55. The first kappa shape index (κ1) is 16.1. The van der Waals surface area contributed by atoms with Gasteiger partial charge in [0.25, 0.3) is 0 Å². The molecule has 2 aromatic rings. The lowest BCUT2D eigenvalue weighted by Crippen LogP contribution is -2.38. The van der Waals surface area contributed by atoms with Gasteiger partial charge >= 0.3 is 0 Å². The Labute approximate surface area is 137 Å². The highest BCUT2D eigenvalue weighted by Gasteiger charge is 2.41. The number of hydrogen-bond acceptors (Lipinski definition) is 4. The van der Waals surface area contributed by atoms with Crippen LogP contribution in [0.2, 0.25) is 0 Å². The Hall–Kier alpha value is -1.75. The number of likely N-dealkylation sites (tertiary alicyclic amines) is 1. The largest absolute Gasteiger partial charge is 0.395 e. The Kier molecular flexibility index (Phi) is 4.76. The first-order valence-corrected chi connectivity index (χ1v) is 8.10. The van der Waals surface area contributed by atoms with E-state index in [0.29, 0.717) is 6.54 Å². The van der Waals surface area contributed by atoms with Crippen LogP contribution in [-0.4, -0.2) is 45.4 Å². The minimum Gasteiger partial charge on any atom is -0.395 e. The molecule has 4 heteroatoms. The van der Waals surface area contributed by atoms with E-state index in [-0.39, 0.29) is 18.6 Å². The highest BCUT2D eigenvalue weighted by molar-refractivity contribution is 5.32. The third-order valence-corrected chi connectivity index (χ3v) is 4.95. The molecule has 4 nitrogen and oxygen atoms in total. The van der Waals surface area contributed by atoms with Gasteiger partial charge in [0.05, 0.1) is 24.4 Å². The van der Waals surface area contributed by atoms with E-state index in [1.54, 1.807) is 6.20 Å². The van der Waals surface area contributed by atoms with Crippen molar-refractivity contribution in [1.82, 2.24) is 9.88 Å². The number of aromatic nitrogens is 1. The van der Waals surface area contributed by atoms with E-state index in [9.17, 15) is 10.2 Å². The molecule has 23 heavy (non-hydrogen) atoms. The van der Waals surface area contributed by atoms with Crippen molar-refractivity contribution in [3.8, 4) is 0 Å². The minimum absolute atomic E-state index is 0.0253. The summed E-state index contributed by atoms with van der Waals surface area (Å²) in [6.07, 6.45) is 1.23. The lowest BCUT2D eigenvalue weighted by molar-refractivity contribution is 0.0635. The molecule has 1 fully saturated rings. The van der Waals surface area contributed by atoms with E-state index in [1.807, 2.05) is 31.2 Å². The molecule has 0 aliphatic carbocycles. The summed E-state index contributed by atoms with van der Waals surface area (Å²) in [4.78, 5) is 6.60. The van der Waals surface area contributed by atoms with Gasteiger partial charge in [0.15, 0.2) is 0 Å². The van der Waals surface area contributed by atoms with E-state index in [1.165, 1.54) is 11.1 Å². The van der Waals surface area contributed by atoms with Gasteiger partial charge in [0.2, 0.25) is 0 Å². The molecule has 2 heterocycles. The molecule has 0 radical (unpaired) electrons. The van der Waals surface area contributed by atoms with E-state index in [2.05, 4.69) is 28.9 Å². The molecule has 0 bridgehead atoms. The zero-order valence-corrected chi connectivity index (χ0v) is 13.7. The standard InChI is InChI=1S/C19H24N2O2/c1-13-6-3-4-8-15(13)16-10-21(18(12-22)19(16)23)11-17-14(2)7-5-9-20-17/h3-9,16,18-19,22-23H,10-12H2,1-2H3/t16-,18-,19-/m1/s1. The summed E-state index contributed by atoms with van der Waals surface area (Å²) in [5, 5.41) is 20.5. The molecular weight excluding hydrogens is 288 g/mol. The second-order valence-corrected chi connectivity index (χ2v) is 6.40. The van der Waals surface area contributed by atoms with Crippen LogP contribution in [0.1, 0.15) is 28.3 Å². The van der Waals surface area contributed by atoms with Crippen molar-refractivity contribution in [3.63, 3.8) is 0 Å². The van der Waals surface area contributed by atoms with Gasteiger partial charge in [-0.1, -0.05) is 30.3 Å². The first-order valence-electron chi connectivity index (χ1n) is 8.10. The van der Waals surface area contributed by atoms with Crippen LogP contribution in [0.15, 0.2) is 42.6 Å². The Bertz CT molecular complexity index is 674. The Morgan fingerprint density at radius 1 is 1.13 bits per heavy atom. The van der Waals surface area contributed by atoms with Crippen molar-refractivity contribution in [2.24, 2.45) is 0 Å². The van der Waals surface area contributed by atoms with Crippen molar-refractivity contribution >= 4 is 0 Å². The van der Waals surface area contributed by atoms with Crippen molar-refractivity contribution in [1.29, 1.82) is 0 Å². The SMILES string of the molecule is Cc1ccccc1[C@H]1CN(Cc2ncccc2C)[C@H](CO)[C@@H]1O. The average molecular weight is 312 g/mol. The second-order valence-electron chi connectivity index (χ2n) is 6.40. The molecule has 1 aliphatic rings. The highest BCUT2D eigenvalue weighted by atomic mass is 16.3. The summed E-state index contributed by atoms with van der Waals surface area (Å²) in [5.74, 6) is 0.0253. The lowest BCUT2D eigenvalue weighted by Gasteiger charge is -2.24. The van der Waals surface area contributed by atoms with Gasteiger partial charge in [-0.15, -0.1) is 0 Å². The third kappa shape index (κ3) is 3.15. The van der Waals surface area contributed by atoms with Crippen LogP contribution in [0.25, 0.3) is 0 Å². The maximum Gasteiger partial charge on any atom is 0.0798 e. The quantitative estimate of drug-likeness (QED) is 0.907. The third-order valence-electron chi connectivity index (χ3n) is 4.95. The maximum absolute atomic E-state index is 10.7. The molecule has 0 unspecified atom stereocenters.